The maximum atomic E-state index is 13.4. The number of aryl methyl sites for hydroxylation is 2. The summed E-state index contributed by atoms with van der Waals surface area (Å²) in [5.41, 5.74) is -4.60. The second-order valence-corrected chi connectivity index (χ2v) is 12.6. The topological polar surface area (TPSA) is 57.9 Å². The second kappa shape index (κ2) is 24.0. The van der Waals surface area contributed by atoms with Crippen molar-refractivity contribution in [1.82, 2.24) is 0 Å². The molecule has 0 radical (unpaired) electrons. The molecule has 0 saturated carbocycles. The molecule has 0 amide bonds. The molecule has 2 aromatic rings. The van der Waals surface area contributed by atoms with E-state index in [9.17, 15) is 40.3 Å². The van der Waals surface area contributed by atoms with E-state index in [0.717, 1.165) is 29.5 Å². The van der Waals surface area contributed by atoms with Gasteiger partial charge in [-0.25, -0.2) is 4.39 Å². The predicted octanol–water partition coefficient (Wildman–Crippen LogP) is 13.4. The minimum absolute atomic E-state index is 0.0525. The van der Waals surface area contributed by atoms with Crippen LogP contribution >= 0.6 is 0 Å². The zero-order valence-electron chi connectivity index (χ0n) is 31.5. The largest absolute Gasteiger partial charge is 0.435 e. The van der Waals surface area contributed by atoms with Crippen molar-refractivity contribution in [2.75, 3.05) is 0 Å². The Morgan fingerprint density at radius 2 is 1.04 bits per heavy atom. The molecule has 10 heteroatoms. The summed E-state index contributed by atoms with van der Waals surface area (Å²) in [6.45, 7) is 29.2. The van der Waals surface area contributed by atoms with Crippen LogP contribution in [0, 0.1) is 42.4 Å². The highest BCUT2D eigenvalue weighted by Crippen LogP contribution is 2.53. The molecule has 0 atom stereocenters. The van der Waals surface area contributed by atoms with Gasteiger partial charge in [-0.3, -0.25) is 9.59 Å². The summed E-state index contributed by atoms with van der Waals surface area (Å²) < 4.78 is 87.2. The van der Waals surface area contributed by atoms with E-state index in [2.05, 4.69) is 47.6 Å². The average Bonchev–Trinajstić information content (AvgIpc) is 2.97. The zero-order valence-corrected chi connectivity index (χ0v) is 31.5. The van der Waals surface area contributed by atoms with Gasteiger partial charge in [-0.2, -0.15) is 31.6 Å². The Hall–Kier alpha value is -3.22. The van der Waals surface area contributed by atoms with E-state index >= 15 is 0 Å². The van der Waals surface area contributed by atoms with Gasteiger partial charge >= 0.3 is 18.0 Å². The van der Waals surface area contributed by atoms with Crippen molar-refractivity contribution in [3.63, 3.8) is 0 Å². The molecule has 48 heavy (non-hydrogen) atoms. The Balaban J connectivity index is -0.000000274. The minimum atomic E-state index is -6.06. The van der Waals surface area contributed by atoms with Crippen molar-refractivity contribution < 1.29 is 40.3 Å². The van der Waals surface area contributed by atoms with Crippen molar-refractivity contribution in [1.29, 1.82) is 5.26 Å². The number of ketones is 2. The number of nitriles is 1. The molecule has 0 aliphatic carbocycles. The first kappa shape index (κ1) is 51.6. The molecule has 0 aromatic heterocycles. The van der Waals surface area contributed by atoms with Crippen LogP contribution in [0.1, 0.15) is 140 Å². The summed E-state index contributed by atoms with van der Waals surface area (Å²) in [5.74, 6) is 1.65. The Morgan fingerprint density at radius 3 is 1.25 bits per heavy atom. The van der Waals surface area contributed by atoms with E-state index in [1.165, 1.54) is 33.6 Å². The van der Waals surface area contributed by atoms with E-state index in [-0.39, 0.29) is 17.0 Å². The van der Waals surface area contributed by atoms with Gasteiger partial charge in [0.05, 0.1) is 6.07 Å². The summed E-state index contributed by atoms with van der Waals surface area (Å²) in [6, 6.07) is 10.4. The van der Waals surface area contributed by atoms with Gasteiger partial charge < -0.3 is 0 Å². The van der Waals surface area contributed by atoms with Crippen molar-refractivity contribution in [2.45, 2.75) is 135 Å². The fraction of sp³-hybridized carbons (Fsp3) is 0.605. The van der Waals surface area contributed by atoms with E-state index < -0.39 is 23.6 Å². The first-order valence-electron chi connectivity index (χ1n) is 16.1. The lowest BCUT2D eigenvalue weighted by Gasteiger charge is -2.30. The molecule has 276 valence electrons. The molecular formula is C38H58F7NO2. The number of Topliss-reactive ketones (excluding diaryl/α,β-unsaturated/α-hetero) is 2. The van der Waals surface area contributed by atoms with Gasteiger partial charge in [-0.15, -0.1) is 0 Å². The molecule has 3 nitrogen and oxygen atoms in total. The van der Waals surface area contributed by atoms with Crippen LogP contribution in [0.2, 0.25) is 0 Å². The van der Waals surface area contributed by atoms with E-state index in [1.54, 1.807) is 12.1 Å². The highest BCUT2D eigenvalue weighted by molar-refractivity contribution is 6.08. The molecule has 0 spiro atoms. The van der Waals surface area contributed by atoms with Crippen LogP contribution in [0.5, 0.6) is 0 Å². The van der Waals surface area contributed by atoms with E-state index in [1.807, 2.05) is 47.6 Å². The SMILES string of the molecule is CC.CC(=O)c1cccc(C)c1C(C)=O.CC(C)(C)C#N.CCC(C)C.CCC(C)C.Cc1ccc(C(F)(C(F)(F)F)C(F)(F)F)cc1. The number of benzene rings is 2. The third-order valence-corrected chi connectivity index (χ3v) is 6.20. The molecule has 0 aliphatic rings. The zero-order chi connectivity index (χ0) is 39.3. The number of carbonyl (C=O) groups excluding carboxylic acids is 2. The van der Waals surface area contributed by atoms with Crippen LogP contribution < -0.4 is 0 Å². The fourth-order valence-corrected chi connectivity index (χ4v) is 2.70. The van der Waals surface area contributed by atoms with Gasteiger partial charge in [-0.05, 0) is 65.9 Å². The number of hydrogen-bond donors (Lipinski definition) is 0. The van der Waals surface area contributed by atoms with Crippen LogP contribution in [0.25, 0.3) is 0 Å². The monoisotopic (exact) mass is 693 g/mol. The summed E-state index contributed by atoms with van der Waals surface area (Å²) in [5, 5.41) is 8.15. The number of alkyl halides is 7. The van der Waals surface area contributed by atoms with Gasteiger partial charge in [-0.1, -0.05) is 116 Å². The van der Waals surface area contributed by atoms with Gasteiger partial charge in [0, 0.05) is 22.1 Å². The van der Waals surface area contributed by atoms with Crippen LogP contribution in [0.4, 0.5) is 30.7 Å². The molecule has 2 rings (SSSR count). The van der Waals surface area contributed by atoms with Crippen molar-refractivity contribution >= 4 is 11.6 Å². The lowest BCUT2D eigenvalue weighted by molar-refractivity contribution is -0.348. The van der Waals surface area contributed by atoms with Crippen LogP contribution in [0.3, 0.4) is 0 Å². The lowest BCUT2D eigenvalue weighted by atomic mass is 9.93. The molecule has 0 unspecified atom stereocenters. The Bertz CT molecular complexity index is 1190. The standard InChI is InChI=1S/C11H12O2.C10H7F7.C5H9N.2C5H12.C2H6/c1-7-5-4-6-10(8(2)12)11(7)9(3)13;1-6-2-4-7(5-3-6)8(11,9(12,13)14)10(15,16)17;1-5(2,3)4-6;2*1-4-5(2)3;1-2/h4-6H,1-3H3;2-5H,1H3;1-3H3;2*5H,4H2,1-3H3;1-2H3. The molecule has 0 aliphatic heterocycles. The summed E-state index contributed by atoms with van der Waals surface area (Å²) in [6.07, 6.45) is -9.50. The maximum absolute atomic E-state index is 13.4. The van der Waals surface area contributed by atoms with E-state index in [4.69, 9.17) is 5.26 Å². The summed E-state index contributed by atoms with van der Waals surface area (Å²) in [4.78, 5) is 22.4. The quantitative estimate of drug-likeness (QED) is 0.231. The molecule has 0 bridgehead atoms. The second-order valence-electron chi connectivity index (χ2n) is 12.6. The number of halogens is 7. The first-order valence-corrected chi connectivity index (χ1v) is 16.1. The van der Waals surface area contributed by atoms with Crippen LogP contribution in [0.15, 0.2) is 42.5 Å². The highest BCUT2D eigenvalue weighted by atomic mass is 19.4. The number of carbonyl (C=O) groups is 2. The van der Waals surface area contributed by atoms with Crippen LogP contribution in [-0.4, -0.2) is 23.9 Å². The first-order chi connectivity index (χ1) is 21.6. The molecule has 0 N–H and O–H groups in total. The van der Waals surface area contributed by atoms with Crippen molar-refractivity contribution in [3.05, 3.63) is 70.3 Å². The smallest absolute Gasteiger partial charge is 0.294 e. The maximum Gasteiger partial charge on any atom is 0.435 e. The van der Waals surface area contributed by atoms with Gasteiger partial charge in [0.15, 0.2) is 11.6 Å². The van der Waals surface area contributed by atoms with Gasteiger partial charge in [0.2, 0.25) is 0 Å². The van der Waals surface area contributed by atoms with E-state index in [0.29, 0.717) is 28.8 Å². The van der Waals surface area contributed by atoms with Crippen molar-refractivity contribution in [3.8, 4) is 6.07 Å². The molecule has 0 fully saturated rings. The summed E-state index contributed by atoms with van der Waals surface area (Å²) in [7, 11) is 0. The predicted molar refractivity (Wildman–Crippen MR) is 184 cm³/mol. The normalized spacial score (nSPS) is 11.0. The fourth-order valence-electron chi connectivity index (χ4n) is 2.70. The van der Waals surface area contributed by atoms with Crippen molar-refractivity contribution in [2.24, 2.45) is 17.3 Å². The Labute approximate surface area is 285 Å². The average molecular weight is 694 g/mol. The lowest BCUT2D eigenvalue weighted by Crippen LogP contribution is -2.50. The van der Waals surface area contributed by atoms with Gasteiger partial charge in [0.1, 0.15) is 0 Å². The summed E-state index contributed by atoms with van der Waals surface area (Å²) >= 11 is 0. The molecular weight excluding hydrogens is 635 g/mol. The number of nitrogens with zero attached hydrogens (tertiary/aromatic N) is 1. The Kier molecular flexibility index (Phi) is 25.8. The number of hydrogen-bond acceptors (Lipinski definition) is 3. The minimum Gasteiger partial charge on any atom is -0.294 e. The highest BCUT2D eigenvalue weighted by Gasteiger charge is 2.73. The third-order valence-electron chi connectivity index (χ3n) is 6.20. The molecule has 2 aromatic carbocycles. The molecule has 0 heterocycles. The Morgan fingerprint density at radius 1 is 0.708 bits per heavy atom. The molecule has 0 saturated heterocycles. The third kappa shape index (κ3) is 20.9. The number of rotatable bonds is 5. The van der Waals surface area contributed by atoms with Crippen LogP contribution in [-0.2, 0) is 5.67 Å². The van der Waals surface area contributed by atoms with Gasteiger partial charge in [0.25, 0.3) is 0 Å².